The van der Waals surface area contributed by atoms with E-state index in [0.717, 1.165) is 11.6 Å². The highest BCUT2D eigenvalue weighted by molar-refractivity contribution is 6.32. The van der Waals surface area contributed by atoms with Crippen molar-refractivity contribution < 1.29 is 19.2 Å². The van der Waals surface area contributed by atoms with Crippen LogP contribution in [0, 0.1) is 17.0 Å². The number of ether oxygens (including phenoxy) is 1. The summed E-state index contributed by atoms with van der Waals surface area (Å²) in [6.07, 6.45) is -0.131. The van der Waals surface area contributed by atoms with Crippen molar-refractivity contribution in [3.05, 3.63) is 62.1 Å². The third-order valence-electron chi connectivity index (χ3n) is 3.71. The van der Waals surface area contributed by atoms with Crippen molar-refractivity contribution in [2.45, 2.75) is 20.3 Å². The molecule has 2 amide bonds. The van der Waals surface area contributed by atoms with Gasteiger partial charge in [-0.3, -0.25) is 19.7 Å². The number of nitrogens with zero attached hydrogens (tertiary/aromatic N) is 2. The van der Waals surface area contributed by atoms with E-state index >= 15 is 0 Å². The van der Waals surface area contributed by atoms with E-state index in [0.29, 0.717) is 16.5 Å². The first-order valence-electron chi connectivity index (χ1n) is 8.60. The van der Waals surface area contributed by atoms with E-state index in [1.807, 2.05) is 0 Å². The SMILES string of the molecule is C/C(CC(=O)Nc1ccc(Cl)c([N+](=O)[O-])c1)=N\NC(=O)COc1ccc(Cl)cc1C. The summed E-state index contributed by atoms with van der Waals surface area (Å²) in [6, 6.07) is 8.94. The first-order valence-corrected chi connectivity index (χ1v) is 9.36. The number of amides is 2. The molecule has 2 rings (SSSR count). The van der Waals surface area contributed by atoms with Crippen molar-refractivity contribution in [2.24, 2.45) is 5.10 Å². The fourth-order valence-corrected chi connectivity index (χ4v) is 2.73. The minimum atomic E-state index is -0.645. The minimum absolute atomic E-state index is 0.0329. The van der Waals surface area contributed by atoms with E-state index in [1.54, 1.807) is 32.0 Å². The van der Waals surface area contributed by atoms with Crippen LogP contribution >= 0.6 is 23.2 Å². The van der Waals surface area contributed by atoms with Crippen molar-refractivity contribution in [1.82, 2.24) is 5.43 Å². The summed E-state index contributed by atoms with van der Waals surface area (Å²) in [7, 11) is 0. The number of benzene rings is 2. The highest BCUT2D eigenvalue weighted by Gasteiger charge is 2.14. The fourth-order valence-electron chi connectivity index (χ4n) is 2.32. The molecular formula is C19H18Cl2N4O5. The monoisotopic (exact) mass is 452 g/mol. The molecule has 0 aliphatic heterocycles. The van der Waals surface area contributed by atoms with Crippen LogP contribution in [0.25, 0.3) is 0 Å². The van der Waals surface area contributed by atoms with E-state index in [1.165, 1.54) is 12.1 Å². The lowest BCUT2D eigenvalue weighted by molar-refractivity contribution is -0.384. The van der Waals surface area contributed by atoms with Gasteiger partial charge in [-0.05, 0) is 49.7 Å². The molecule has 2 aromatic carbocycles. The van der Waals surface area contributed by atoms with E-state index < -0.39 is 16.7 Å². The molecule has 30 heavy (non-hydrogen) atoms. The largest absolute Gasteiger partial charge is 0.483 e. The van der Waals surface area contributed by atoms with Crippen molar-refractivity contribution in [1.29, 1.82) is 0 Å². The van der Waals surface area contributed by atoms with Gasteiger partial charge in [-0.25, -0.2) is 5.43 Å². The Bertz CT molecular complexity index is 1010. The summed E-state index contributed by atoms with van der Waals surface area (Å²) in [4.78, 5) is 34.2. The number of hydrogen-bond acceptors (Lipinski definition) is 6. The van der Waals surface area contributed by atoms with Gasteiger partial charge in [0.25, 0.3) is 11.6 Å². The average molecular weight is 453 g/mol. The van der Waals surface area contributed by atoms with E-state index in [2.05, 4.69) is 15.8 Å². The number of anilines is 1. The first kappa shape index (κ1) is 23.1. The molecule has 0 fully saturated rings. The maximum Gasteiger partial charge on any atom is 0.289 e. The second-order valence-corrected chi connectivity index (χ2v) is 7.07. The van der Waals surface area contributed by atoms with Crippen LogP contribution in [0.2, 0.25) is 10.0 Å². The van der Waals surface area contributed by atoms with Gasteiger partial charge in [0.15, 0.2) is 6.61 Å². The molecule has 9 nitrogen and oxygen atoms in total. The predicted molar refractivity (Wildman–Crippen MR) is 114 cm³/mol. The molecule has 11 heteroatoms. The second-order valence-electron chi connectivity index (χ2n) is 6.23. The smallest absolute Gasteiger partial charge is 0.289 e. The Kier molecular flexibility index (Phi) is 8.14. The van der Waals surface area contributed by atoms with Crippen LogP contribution in [0.1, 0.15) is 18.9 Å². The van der Waals surface area contributed by atoms with Gasteiger partial charge in [0, 0.05) is 22.5 Å². The Morgan fingerprint density at radius 2 is 1.90 bits per heavy atom. The molecule has 0 saturated heterocycles. The topological polar surface area (TPSA) is 123 Å². The lowest BCUT2D eigenvalue weighted by Gasteiger charge is -2.09. The van der Waals surface area contributed by atoms with E-state index in [9.17, 15) is 19.7 Å². The van der Waals surface area contributed by atoms with E-state index in [-0.39, 0.29) is 29.4 Å². The molecule has 0 radical (unpaired) electrons. The molecule has 0 bridgehead atoms. The molecule has 0 aromatic heterocycles. The Balaban J connectivity index is 1.84. The molecule has 0 unspecified atom stereocenters. The van der Waals surface area contributed by atoms with Gasteiger partial charge in [0.2, 0.25) is 5.91 Å². The molecule has 0 aliphatic carbocycles. The summed E-state index contributed by atoms with van der Waals surface area (Å²) < 4.78 is 5.40. The molecule has 2 aromatic rings. The zero-order valence-corrected chi connectivity index (χ0v) is 17.6. The number of nitro groups is 1. The molecule has 0 saturated carbocycles. The van der Waals surface area contributed by atoms with Crippen LogP contribution in [0.5, 0.6) is 5.75 Å². The summed E-state index contributed by atoms with van der Waals surface area (Å²) in [6.45, 7) is 3.09. The van der Waals surface area contributed by atoms with Gasteiger partial charge in [-0.1, -0.05) is 23.2 Å². The maximum atomic E-state index is 12.1. The standard InChI is InChI=1S/C19H18Cl2N4O5/c1-11-7-13(20)3-6-17(11)30-10-19(27)24-23-12(2)8-18(26)22-14-4-5-15(21)16(9-14)25(28)29/h3-7,9H,8,10H2,1-2H3,(H,22,26)(H,24,27)/b23-12+. The number of carbonyl (C=O) groups excluding carboxylic acids is 2. The van der Waals surface area contributed by atoms with Gasteiger partial charge in [0.1, 0.15) is 10.8 Å². The summed E-state index contributed by atoms with van der Waals surface area (Å²) in [5.74, 6) is -0.445. The van der Waals surface area contributed by atoms with Crippen molar-refractivity contribution >= 4 is 52.1 Å². The van der Waals surface area contributed by atoms with Gasteiger partial charge in [-0.2, -0.15) is 5.10 Å². The fraction of sp³-hybridized carbons (Fsp3) is 0.211. The summed E-state index contributed by atoms with van der Waals surface area (Å²) in [5.41, 5.74) is 3.31. The highest BCUT2D eigenvalue weighted by atomic mass is 35.5. The van der Waals surface area contributed by atoms with Gasteiger partial charge in [0.05, 0.1) is 11.3 Å². The maximum absolute atomic E-state index is 12.1. The number of hydrogen-bond donors (Lipinski definition) is 2. The Morgan fingerprint density at radius 3 is 2.57 bits per heavy atom. The second kappa shape index (κ2) is 10.6. The molecular weight excluding hydrogens is 435 g/mol. The van der Waals surface area contributed by atoms with Gasteiger partial charge >= 0.3 is 0 Å². The third-order valence-corrected chi connectivity index (χ3v) is 4.26. The van der Waals surface area contributed by atoms with Gasteiger partial charge in [-0.15, -0.1) is 0 Å². The first-order chi connectivity index (χ1) is 14.2. The molecule has 0 aliphatic rings. The predicted octanol–water partition coefficient (Wildman–Crippen LogP) is 4.11. The van der Waals surface area contributed by atoms with Crippen LogP contribution in [0.4, 0.5) is 11.4 Å². The quantitative estimate of drug-likeness (QED) is 0.354. The number of nitrogens with one attached hydrogen (secondary N) is 2. The van der Waals surface area contributed by atoms with Crippen LogP contribution in [0.15, 0.2) is 41.5 Å². The minimum Gasteiger partial charge on any atom is -0.483 e. The van der Waals surface area contributed by atoms with Crippen molar-refractivity contribution in [3.63, 3.8) is 0 Å². The van der Waals surface area contributed by atoms with Crippen LogP contribution in [-0.4, -0.2) is 29.1 Å². The highest BCUT2D eigenvalue weighted by Crippen LogP contribution is 2.27. The molecule has 0 atom stereocenters. The Hall–Kier alpha value is -3.17. The number of aryl methyl sites for hydroxylation is 1. The molecule has 0 heterocycles. The Labute approximate surface area is 182 Å². The zero-order valence-electron chi connectivity index (χ0n) is 16.1. The van der Waals surface area contributed by atoms with Crippen LogP contribution in [-0.2, 0) is 9.59 Å². The summed E-state index contributed by atoms with van der Waals surface area (Å²) in [5, 5.41) is 17.8. The third kappa shape index (κ3) is 7.02. The summed E-state index contributed by atoms with van der Waals surface area (Å²) >= 11 is 11.6. The van der Waals surface area contributed by atoms with Crippen LogP contribution in [0.3, 0.4) is 0 Å². The van der Waals surface area contributed by atoms with Crippen molar-refractivity contribution in [3.8, 4) is 5.75 Å². The zero-order chi connectivity index (χ0) is 22.3. The Morgan fingerprint density at radius 1 is 1.17 bits per heavy atom. The number of carbonyl (C=O) groups is 2. The average Bonchev–Trinajstić information content (AvgIpc) is 2.67. The lowest BCUT2D eigenvalue weighted by atomic mass is 10.2. The molecule has 158 valence electrons. The molecule has 2 N–H and O–H groups in total. The normalized spacial score (nSPS) is 11.0. The van der Waals surface area contributed by atoms with E-state index in [4.69, 9.17) is 27.9 Å². The van der Waals surface area contributed by atoms with Crippen molar-refractivity contribution in [2.75, 3.05) is 11.9 Å². The van der Waals surface area contributed by atoms with Crippen LogP contribution < -0.4 is 15.5 Å². The number of nitro benzene ring substituents is 1. The number of hydrazone groups is 1. The number of rotatable bonds is 8. The lowest BCUT2D eigenvalue weighted by Crippen LogP contribution is -2.26. The van der Waals surface area contributed by atoms with Gasteiger partial charge < -0.3 is 10.1 Å². The molecule has 0 spiro atoms. The number of halogens is 2.